The van der Waals surface area contributed by atoms with Crippen molar-refractivity contribution < 1.29 is 8.42 Å². The van der Waals surface area contributed by atoms with E-state index < -0.39 is 10.0 Å². The summed E-state index contributed by atoms with van der Waals surface area (Å²) in [7, 11) is -3.63. The van der Waals surface area contributed by atoms with E-state index in [1.54, 1.807) is 12.1 Å². The summed E-state index contributed by atoms with van der Waals surface area (Å²) in [5.74, 6) is 0. The fourth-order valence-electron chi connectivity index (χ4n) is 1.93. The van der Waals surface area contributed by atoms with E-state index in [-0.39, 0.29) is 16.5 Å². The van der Waals surface area contributed by atoms with Gasteiger partial charge in [0.25, 0.3) is 0 Å². The van der Waals surface area contributed by atoms with E-state index in [1.807, 2.05) is 30.3 Å². The minimum Gasteiger partial charge on any atom is -0.326 e. The lowest BCUT2D eigenvalue weighted by Gasteiger charge is -2.10. The van der Waals surface area contributed by atoms with E-state index in [4.69, 9.17) is 17.3 Å². The maximum Gasteiger partial charge on any atom is 0.242 e. The van der Waals surface area contributed by atoms with Crippen LogP contribution in [0.15, 0.2) is 53.4 Å². The van der Waals surface area contributed by atoms with Gasteiger partial charge < -0.3 is 5.73 Å². The van der Waals surface area contributed by atoms with E-state index in [0.29, 0.717) is 13.0 Å². The quantitative estimate of drug-likeness (QED) is 0.856. The molecule has 0 aliphatic rings. The van der Waals surface area contributed by atoms with E-state index >= 15 is 0 Å². The fourth-order valence-corrected chi connectivity index (χ4v) is 3.51. The molecule has 0 amide bonds. The Morgan fingerprint density at radius 1 is 1.05 bits per heavy atom. The van der Waals surface area contributed by atoms with Gasteiger partial charge in [-0.05, 0) is 29.7 Å². The second-order valence-corrected chi connectivity index (χ2v) is 6.74. The minimum atomic E-state index is -3.63. The number of nitrogens with one attached hydrogen (secondary N) is 1. The van der Waals surface area contributed by atoms with Gasteiger partial charge in [-0.3, -0.25) is 0 Å². The molecular weight excluding hydrogens is 308 g/mol. The Morgan fingerprint density at radius 3 is 2.43 bits per heavy atom. The van der Waals surface area contributed by atoms with Gasteiger partial charge in [0.1, 0.15) is 4.90 Å². The normalized spacial score (nSPS) is 11.5. The van der Waals surface area contributed by atoms with Gasteiger partial charge in [-0.1, -0.05) is 48.0 Å². The summed E-state index contributed by atoms with van der Waals surface area (Å²) in [6, 6.07) is 14.4. The van der Waals surface area contributed by atoms with Crippen LogP contribution in [0.3, 0.4) is 0 Å². The van der Waals surface area contributed by atoms with Crippen molar-refractivity contribution in [3.8, 4) is 0 Å². The van der Waals surface area contributed by atoms with Crippen molar-refractivity contribution >= 4 is 21.6 Å². The van der Waals surface area contributed by atoms with Crippen LogP contribution in [0.5, 0.6) is 0 Å². The monoisotopic (exact) mass is 324 g/mol. The van der Waals surface area contributed by atoms with Crippen molar-refractivity contribution in [2.24, 2.45) is 5.73 Å². The highest BCUT2D eigenvalue weighted by atomic mass is 35.5. The number of hydrogen-bond acceptors (Lipinski definition) is 3. The molecule has 0 unspecified atom stereocenters. The Labute approximate surface area is 130 Å². The molecule has 0 aromatic heterocycles. The summed E-state index contributed by atoms with van der Waals surface area (Å²) >= 11 is 5.97. The zero-order chi connectivity index (χ0) is 15.3. The van der Waals surface area contributed by atoms with Gasteiger partial charge in [-0.2, -0.15) is 0 Å². The first kappa shape index (κ1) is 16.0. The summed E-state index contributed by atoms with van der Waals surface area (Å²) in [4.78, 5) is 0.0696. The number of nitrogens with two attached hydrogens (primary N) is 1. The summed E-state index contributed by atoms with van der Waals surface area (Å²) in [5, 5.41) is 0.194. The molecular formula is C15H17ClN2O2S. The first-order valence-corrected chi connectivity index (χ1v) is 8.41. The van der Waals surface area contributed by atoms with Gasteiger partial charge in [0.15, 0.2) is 0 Å². The molecule has 0 heterocycles. The Bertz CT molecular complexity index is 703. The lowest BCUT2D eigenvalue weighted by Crippen LogP contribution is -2.26. The van der Waals surface area contributed by atoms with Gasteiger partial charge in [-0.15, -0.1) is 0 Å². The SMILES string of the molecule is NCc1ccc(Cl)c(S(=O)(=O)NCCc2ccccc2)c1. The Balaban J connectivity index is 2.08. The Morgan fingerprint density at radius 2 is 1.76 bits per heavy atom. The van der Waals surface area contributed by atoms with Gasteiger partial charge in [-0.25, -0.2) is 13.1 Å². The van der Waals surface area contributed by atoms with Crippen LogP contribution in [0.2, 0.25) is 5.02 Å². The molecule has 0 aliphatic carbocycles. The molecule has 3 N–H and O–H groups in total. The van der Waals surface area contributed by atoms with Crippen molar-refractivity contribution in [2.45, 2.75) is 17.9 Å². The van der Waals surface area contributed by atoms with Crippen LogP contribution >= 0.6 is 11.6 Å². The molecule has 0 bridgehead atoms. The molecule has 2 aromatic rings. The van der Waals surface area contributed by atoms with Gasteiger partial charge >= 0.3 is 0 Å². The van der Waals surface area contributed by atoms with Crippen LogP contribution in [0.4, 0.5) is 0 Å². The largest absolute Gasteiger partial charge is 0.326 e. The molecule has 2 aromatic carbocycles. The molecule has 0 saturated heterocycles. The van der Waals surface area contributed by atoms with Crippen molar-refractivity contribution in [1.29, 1.82) is 0 Å². The van der Waals surface area contributed by atoms with Gasteiger partial charge in [0, 0.05) is 13.1 Å². The van der Waals surface area contributed by atoms with Crippen molar-refractivity contribution in [3.05, 3.63) is 64.7 Å². The summed E-state index contributed by atoms with van der Waals surface area (Å²) in [6.45, 7) is 0.583. The van der Waals surface area contributed by atoms with Crippen LogP contribution in [0.25, 0.3) is 0 Å². The number of hydrogen-bond donors (Lipinski definition) is 2. The van der Waals surface area contributed by atoms with Crippen molar-refractivity contribution in [3.63, 3.8) is 0 Å². The van der Waals surface area contributed by atoms with Crippen LogP contribution < -0.4 is 10.5 Å². The average molecular weight is 325 g/mol. The molecule has 0 saturated carbocycles. The van der Waals surface area contributed by atoms with E-state index in [2.05, 4.69) is 4.72 Å². The van der Waals surface area contributed by atoms with Crippen molar-refractivity contribution in [1.82, 2.24) is 4.72 Å². The Hall–Kier alpha value is -1.40. The first-order valence-electron chi connectivity index (χ1n) is 6.55. The lowest BCUT2D eigenvalue weighted by atomic mass is 10.2. The standard InChI is InChI=1S/C15H17ClN2O2S/c16-14-7-6-13(11-17)10-15(14)21(19,20)18-9-8-12-4-2-1-3-5-12/h1-7,10,18H,8-9,11,17H2. The molecule has 0 fully saturated rings. The van der Waals surface area contributed by atoms with E-state index in [9.17, 15) is 8.42 Å². The summed E-state index contributed by atoms with van der Waals surface area (Å²) < 4.78 is 27.1. The third kappa shape index (κ3) is 4.28. The molecule has 4 nitrogen and oxygen atoms in total. The third-order valence-corrected chi connectivity index (χ3v) is 5.01. The molecule has 112 valence electrons. The highest BCUT2D eigenvalue weighted by Crippen LogP contribution is 2.22. The number of benzene rings is 2. The van der Waals surface area contributed by atoms with Crippen LogP contribution in [0, 0.1) is 0 Å². The average Bonchev–Trinajstić information content (AvgIpc) is 2.48. The predicted octanol–water partition coefficient (Wildman–Crippen LogP) is 2.32. The predicted molar refractivity (Wildman–Crippen MR) is 84.7 cm³/mol. The topological polar surface area (TPSA) is 72.2 Å². The molecule has 0 atom stereocenters. The number of sulfonamides is 1. The fraction of sp³-hybridized carbons (Fsp3) is 0.200. The van der Waals surface area contributed by atoms with E-state index in [0.717, 1.165) is 11.1 Å². The molecule has 0 aliphatic heterocycles. The maximum absolute atomic E-state index is 12.3. The number of rotatable bonds is 6. The van der Waals surface area contributed by atoms with Crippen LogP contribution in [0.1, 0.15) is 11.1 Å². The summed E-state index contributed by atoms with van der Waals surface area (Å²) in [5.41, 5.74) is 7.33. The number of halogens is 1. The Kier molecular flexibility index (Phi) is 5.36. The lowest BCUT2D eigenvalue weighted by molar-refractivity contribution is 0.581. The zero-order valence-corrected chi connectivity index (χ0v) is 13.0. The van der Waals surface area contributed by atoms with Crippen LogP contribution in [-0.4, -0.2) is 15.0 Å². The second-order valence-electron chi connectivity index (χ2n) is 4.60. The van der Waals surface area contributed by atoms with Gasteiger partial charge in [0.2, 0.25) is 10.0 Å². The highest BCUT2D eigenvalue weighted by Gasteiger charge is 2.17. The van der Waals surface area contributed by atoms with E-state index in [1.165, 1.54) is 6.07 Å². The van der Waals surface area contributed by atoms with Gasteiger partial charge in [0.05, 0.1) is 5.02 Å². The summed E-state index contributed by atoms with van der Waals surface area (Å²) in [6.07, 6.45) is 0.619. The highest BCUT2D eigenvalue weighted by molar-refractivity contribution is 7.89. The van der Waals surface area contributed by atoms with Crippen LogP contribution in [-0.2, 0) is 23.0 Å². The third-order valence-electron chi connectivity index (χ3n) is 3.07. The smallest absolute Gasteiger partial charge is 0.242 e. The first-order chi connectivity index (χ1) is 10.0. The zero-order valence-electron chi connectivity index (χ0n) is 11.4. The maximum atomic E-state index is 12.3. The van der Waals surface area contributed by atoms with Crippen molar-refractivity contribution in [2.75, 3.05) is 6.54 Å². The molecule has 6 heteroatoms. The molecule has 21 heavy (non-hydrogen) atoms. The minimum absolute atomic E-state index is 0.0696. The second kappa shape index (κ2) is 7.04. The molecule has 0 radical (unpaired) electrons. The molecule has 2 rings (SSSR count). The molecule has 0 spiro atoms.